The van der Waals surface area contributed by atoms with Gasteiger partial charge in [-0.05, 0) is 30.7 Å². The number of fused-ring (bicyclic) bond motifs is 1. The van der Waals surface area contributed by atoms with Crippen molar-refractivity contribution in [3.63, 3.8) is 0 Å². The van der Waals surface area contributed by atoms with E-state index in [4.69, 9.17) is 23.2 Å². The number of hydrogen-bond donors (Lipinski definition) is 0. The van der Waals surface area contributed by atoms with Crippen molar-refractivity contribution >= 4 is 50.0 Å². The van der Waals surface area contributed by atoms with Gasteiger partial charge < -0.3 is 0 Å². The van der Waals surface area contributed by atoms with E-state index in [2.05, 4.69) is 20.9 Å². The molecule has 1 nitrogen and oxygen atoms in total. The topological polar surface area (TPSA) is 12.9 Å². The van der Waals surface area contributed by atoms with E-state index in [-0.39, 0.29) is 0 Å². The van der Waals surface area contributed by atoms with Gasteiger partial charge in [0.2, 0.25) is 0 Å². The average molecular weight is 305 g/mol. The van der Waals surface area contributed by atoms with Crippen LogP contribution < -0.4 is 0 Å². The first-order chi connectivity index (χ1) is 7.11. The standard InChI is InChI=1S/C11H8BrCl2N/c1-6-2-7(5-12)11-9(14)3-8(13)4-10(11)15-6/h2-4H,5H2,1H3. The van der Waals surface area contributed by atoms with Crippen LogP contribution in [0.15, 0.2) is 18.2 Å². The third-order valence-corrected chi connectivity index (χ3v) is 3.30. The molecule has 0 unspecified atom stereocenters. The van der Waals surface area contributed by atoms with E-state index in [0.717, 1.165) is 27.5 Å². The Balaban J connectivity index is 2.90. The zero-order chi connectivity index (χ0) is 11.0. The molecule has 0 fully saturated rings. The molecule has 0 atom stereocenters. The van der Waals surface area contributed by atoms with E-state index in [1.807, 2.05) is 19.1 Å². The van der Waals surface area contributed by atoms with Crippen LogP contribution >= 0.6 is 39.1 Å². The van der Waals surface area contributed by atoms with E-state index >= 15 is 0 Å². The van der Waals surface area contributed by atoms with E-state index < -0.39 is 0 Å². The van der Waals surface area contributed by atoms with Crippen molar-refractivity contribution in [1.82, 2.24) is 4.98 Å². The number of rotatable bonds is 1. The van der Waals surface area contributed by atoms with E-state index in [1.54, 1.807) is 6.07 Å². The zero-order valence-electron chi connectivity index (χ0n) is 8.02. The Labute approximate surface area is 107 Å². The quantitative estimate of drug-likeness (QED) is 0.693. The number of aromatic nitrogens is 1. The summed E-state index contributed by atoms with van der Waals surface area (Å²) in [5, 5.41) is 3.00. The van der Waals surface area contributed by atoms with Gasteiger partial charge in [-0.25, -0.2) is 0 Å². The van der Waals surface area contributed by atoms with Crippen LogP contribution in [0.5, 0.6) is 0 Å². The van der Waals surface area contributed by atoms with Crippen molar-refractivity contribution in [2.45, 2.75) is 12.3 Å². The van der Waals surface area contributed by atoms with Crippen LogP contribution in [0.2, 0.25) is 10.0 Å². The Morgan fingerprint density at radius 2 is 2.00 bits per heavy atom. The molecular weight excluding hydrogens is 297 g/mol. The highest BCUT2D eigenvalue weighted by Crippen LogP contribution is 2.30. The Hall–Kier alpha value is -0.310. The van der Waals surface area contributed by atoms with Crippen molar-refractivity contribution in [1.29, 1.82) is 0 Å². The lowest BCUT2D eigenvalue weighted by Gasteiger charge is -2.07. The summed E-state index contributed by atoms with van der Waals surface area (Å²) in [5.41, 5.74) is 2.96. The first-order valence-electron chi connectivity index (χ1n) is 4.43. The van der Waals surface area contributed by atoms with E-state index in [9.17, 15) is 0 Å². The van der Waals surface area contributed by atoms with Crippen LogP contribution in [-0.4, -0.2) is 4.98 Å². The zero-order valence-corrected chi connectivity index (χ0v) is 11.1. The minimum atomic E-state index is 0.617. The lowest BCUT2D eigenvalue weighted by Crippen LogP contribution is -1.90. The van der Waals surface area contributed by atoms with Crippen molar-refractivity contribution in [3.05, 3.63) is 39.5 Å². The second-order valence-electron chi connectivity index (χ2n) is 3.34. The highest BCUT2D eigenvalue weighted by molar-refractivity contribution is 9.08. The second-order valence-corrected chi connectivity index (χ2v) is 4.74. The maximum Gasteiger partial charge on any atom is 0.0738 e. The average Bonchev–Trinajstić information content (AvgIpc) is 2.14. The van der Waals surface area contributed by atoms with Crippen molar-refractivity contribution < 1.29 is 0 Å². The molecule has 0 saturated heterocycles. The predicted molar refractivity (Wildman–Crippen MR) is 69.1 cm³/mol. The second kappa shape index (κ2) is 4.28. The van der Waals surface area contributed by atoms with Gasteiger partial charge in [-0.1, -0.05) is 39.1 Å². The molecular formula is C11H8BrCl2N. The van der Waals surface area contributed by atoms with Crippen LogP contribution in [0, 0.1) is 6.92 Å². The summed E-state index contributed by atoms with van der Waals surface area (Å²) in [6, 6.07) is 5.60. The molecule has 0 bridgehead atoms. The van der Waals surface area contributed by atoms with Gasteiger partial charge in [0, 0.05) is 21.4 Å². The predicted octanol–water partition coefficient (Wildman–Crippen LogP) is 4.74. The molecule has 0 amide bonds. The number of halogens is 3. The molecule has 0 N–H and O–H groups in total. The monoisotopic (exact) mass is 303 g/mol. The number of aryl methyl sites for hydroxylation is 1. The van der Waals surface area contributed by atoms with Crippen LogP contribution in [0.25, 0.3) is 10.9 Å². The number of alkyl halides is 1. The summed E-state index contributed by atoms with van der Waals surface area (Å²) in [7, 11) is 0. The fourth-order valence-corrected chi connectivity index (χ4v) is 2.66. The molecule has 1 heterocycles. The molecule has 15 heavy (non-hydrogen) atoms. The molecule has 0 spiro atoms. The van der Waals surface area contributed by atoms with Gasteiger partial charge in [0.15, 0.2) is 0 Å². The highest BCUT2D eigenvalue weighted by atomic mass is 79.9. The van der Waals surface area contributed by atoms with Gasteiger partial charge >= 0.3 is 0 Å². The van der Waals surface area contributed by atoms with Crippen LogP contribution in [0.3, 0.4) is 0 Å². The van der Waals surface area contributed by atoms with Gasteiger partial charge in [-0.2, -0.15) is 0 Å². The summed E-state index contributed by atoms with van der Waals surface area (Å²) in [5.74, 6) is 0. The van der Waals surface area contributed by atoms with Gasteiger partial charge in [-0.3, -0.25) is 4.98 Å². The van der Waals surface area contributed by atoms with Gasteiger partial charge in [-0.15, -0.1) is 0 Å². The molecule has 78 valence electrons. The molecule has 1 aromatic carbocycles. The molecule has 0 radical (unpaired) electrons. The van der Waals surface area contributed by atoms with Crippen LogP contribution in [0.4, 0.5) is 0 Å². The van der Waals surface area contributed by atoms with Gasteiger partial charge in [0.1, 0.15) is 0 Å². The summed E-state index contributed by atoms with van der Waals surface area (Å²) in [6.45, 7) is 1.96. The fourth-order valence-electron chi connectivity index (χ4n) is 1.62. The normalized spacial score (nSPS) is 10.9. The SMILES string of the molecule is Cc1cc(CBr)c2c(Cl)cc(Cl)cc2n1. The van der Waals surface area contributed by atoms with E-state index in [1.165, 1.54) is 0 Å². The molecule has 0 aliphatic rings. The summed E-state index contributed by atoms with van der Waals surface area (Å²) in [6.07, 6.45) is 0. The summed E-state index contributed by atoms with van der Waals surface area (Å²) in [4.78, 5) is 4.42. The maximum atomic E-state index is 6.15. The highest BCUT2D eigenvalue weighted by Gasteiger charge is 2.08. The van der Waals surface area contributed by atoms with Crippen molar-refractivity contribution in [2.75, 3.05) is 0 Å². The minimum Gasteiger partial charge on any atom is -0.253 e. The molecule has 4 heteroatoms. The maximum absolute atomic E-state index is 6.15. The lowest BCUT2D eigenvalue weighted by atomic mass is 10.1. The molecule has 2 aromatic rings. The first-order valence-corrected chi connectivity index (χ1v) is 6.31. The fraction of sp³-hybridized carbons (Fsp3) is 0.182. The Morgan fingerprint density at radius 3 is 2.67 bits per heavy atom. The molecule has 0 saturated carbocycles. The number of pyridine rings is 1. The molecule has 0 aliphatic heterocycles. The summed E-state index contributed by atoms with van der Waals surface area (Å²) >= 11 is 15.5. The minimum absolute atomic E-state index is 0.617. The van der Waals surface area contributed by atoms with Crippen molar-refractivity contribution in [3.8, 4) is 0 Å². The Kier molecular flexibility index (Phi) is 3.19. The third kappa shape index (κ3) is 2.12. The summed E-state index contributed by atoms with van der Waals surface area (Å²) < 4.78 is 0. The molecule has 0 aliphatic carbocycles. The molecule has 2 rings (SSSR count). The van der Waals surface area contributed by atoms with Crippen LogP contribution in [0.1, 0.15) is 11.3 Å². The largest absolute Gasteiger partial charge is 0.253 e. The lowest BCUT2D eigenvalue weighted by molar-refractivity contribution is 1.23. The van der Waals surface area contributed by atoms with E-state index in [0.29, 0.717) is 10.0 Å². The first kappa shape index (κ1) is 11.2. The van der Waals surface area contributed by atoms with Gasteiger partial charge in [0.05, 0.1) is 10.5 Å². The number of hydrogen-bond acceptors (Lipinski definition) is 1. The molecule has 1 aromatic heterocycles. The third-order valence-electron chi connectivity index (χ3n) is 2.18. The Morgan fingerprint density at radius 1 is 1.27 bits per heavy atom. The Bertz CT molecular complexity index is 520. The van der Waals surface area contributed by atoms with Gasteiger partial charge in [0.25, 0.3) is 0 Å². The van der Waals surface area contributed by atoms with Crippen molar-refractivity contribution in [2.24, 2.45) is 0 Å². The number of nitrogens with zero attached hydrogens (tertiary/aromatic N) is 1. The number of benzene rings is 1. The smallest absolute Gasteiger partial charge is 0.0738 e. The van der Waals surface area contributed by atoms with Crippen LogP contribution in [-0.2, 0) is 5.33 Å².